The van der Waals surface area contributed by atoms with Crippen LogP contribution in [0.3, 0.4) is 0 Å². The first kappa shape index (κ1) is 11.7. The molecule has 0 radical (unpaired) electrons. The van der Waals surface area contributed by atoms with Crippen molar-refractivity contribution in [3.05, 3.63) is 28.6 Å². The minimum Gasteiger partial charge on any atom is -0.298 e. The molecule has 78 valence electrons. The van der Waals surface area contributed by atoms with E-state index in [1.54, 1.807) is 6.07 Å². The lowest BCUT2D eigenvalue weighted by molar-refractivity contribution is 0.110. The number of aromatic nitrogens is 1. The first-order valence-corrected chi connectivity index (χ1v) is 4.99. The number of nitrogens with zero attached hydrogens (tertiary/aromatic N) is 2. The maximum absolute atomic E-state index is 12.5. The van der Waals surface area contributed by atoms with Crippen molar-refractivity contribution in [2.75, 3.05) is 0 Å². The molecule has 0 N–H and O–H groups in total. The van der Waals surface area contributed by atoms with Gasteiger partial charge in [-0.25, -0.2) is 13.8 Å². The molecule has 15 heavy (non-hydrogen) atoms. The monoisotopic (exact) mass is 274 g/mol. The molecule has 6 heteroatoms. The molecule has 0 amide bonds. The summed E-state index contributed by atoms with van der Waals surface area (Å²) in [7, 11) is 0. The smallest absolute Gasteiger partial charge is 0.267 e. The normalized spacial score (nSPS) is 10.1. The van der Waals surface area contributed by atoms with Crippen LogP contribution in [0.25, 0.3) is 0 Å². The Balaban J connectivity index is 3.48. The molecule has 3 nitrogen and oxygen atoms in total. The van der Waals surface area contributed by atoms with Crippen LogP contribution in [-0.4, -0.2) is 11.3 Å². The van der Waals surface area contributed by atoms with Crippen LogP contribution >= 0.6 is 15.9 Å². The fourth-order valence-corrected chi connectivity index (χ4v) is 1.40. The van der Waals surface area contributed by atoms with Crippen LogP contribution in [0, 0.1) is 11.3 Å². The quantitative estimate of drug-likeness (QED) is 0.629. The van der Waals surface area contributed by atoms with E-state index in [4.69, 9.17) is 5.26 Å². The Labute approximate surface area is 92.9 Å². The number of aldehydes is 1. The molecule has 0 unspecified atom stereocenters. The Hall–Kier alpha value is -1.35. The molecule has 0 spiro atoms. The Morgan fingerprint density at radius 1 is 1.67 bits per heavy atom. The summed E-state index contributed by atoms with van der Waals surface area (Å²) in [4.78, 5) is 14.3. The third kappa shape index (κ3) is 2.36. The number of hydrogen-bond acceptors (Lipinski definition) is 3. The molecule has 0 saturated heterocycles. The molecule has 0 bridgehead atoms. The van der Waals surface area contributed by atoms with Crippen LogP contribution < -0.4 is 0 Å². The number of halogens is 3. The molecule has 0 aliphatic carbocycles. The van der Waals surface area contributed by atoms with E-state index < -0.39 is 17.7 Å². The fourth-order valence-electron chi connectivity index (χ4n) is 1.11. The highest BCUT2D eigenvalue weighted by Gasteiger charge is 2.20. The maximum atomic E-state index is 12.5. The van der Waals surface area contributed by atoms with Crippen molar-refractivity contribution < 1.29 is 13.6 Å². The number of alkyl halides is 3. The predicted octanol–water partition coefficient (Wildman–Crippen LogP) is 2.60. The van der Waals surface area contributed by atoms with Gasteiger partial charge in [0.05, 0.1) is 11.3 Å². The third-order valence-corrected chi connectivity index (χ3v) is 2.31. The second kappa shape index (κ2) is 4.94. The van der Waals surface area contributed by atoms with Gasteiger partial charge in [-0.1, -0.05) is 15.9 Å². The number of pyridine rings is 1. The lowest BCUT2D eigenvalue weighted by Gasteiger charge is -2.06. The molecule has 0 aliphatic heterocycles. The number of carbonyl (C=O) groups excluding carboxylic acids is 1. The van der Waals surface area contributed by atoms with E-state index in [1.165, 1.54) is 6.07 Å². The first-order chi connectivity index (χ1) is 7.13. The Kier molecular flexibility index (Phi) is 3.86. The summed E-state index contributed by atoms with van der Waals surface area (Å²) < 4.78 is 25.1. The lowest BCUT2D eigenvalue weighted by Crippen LogP contribution is -2.03. The lowest BCUT2D eigenvalue weighted by atomic mass is 10.1. The van der Waals surface area contributed by atoms with Gasteiger partial charge in [0.2, 0.25) is 0 Å². The molecule has 1 aromatic rings. The van der Waals surface area contributed by atoms with Crippen LogP contribution in [0.4, 0.5) is 8.78 Å². The number of rotatable bonds is 3. The van der Waals surface area contributed by atoms with Gasteiger partial charge in [-0.2, -0.15) is 5.26 Å². The first-order valence-electron chi connectivity index (χ1n) is 3.87. The standard InChI is InChI=1S/C9H5BrF2N2O/c10-2-6-1-5(4-15)8(9(11)12)7(3-13)14-6/h1,4,9H,2H2. The van der Waals surface area contributed by atoms with E-state index in [-0.39, 0.29) is 5.56 Å². The van der Waals surface area contributed by atoms with Gasteiger partial charge < -0.3 is 0 Å². The fraction of sp³-hybridized carbons (Fsp3) is 0.222. The zero-order valence-electron chi connectivity index (χ0n) is 7.38. The van der Waals surface area contributed by atoms with Gasteiger partial charge in [-0.3, -0.25) is 4.79 Å². The van der Waals surface area contributed by atoms with Crippen LogP contribution in [-0.2, 0) is 5.33 Å². The van der Waals surface area contributed by atoms with Crippen molar-refractivity contribution in [1.82, 2.24) is 4.98 Å². The summed E-state index contributed by atoms with van der Waals surface area (Å²) in [6.07, 6.45) is -2.58. The van der Waals surface area contributed by atoms with E-state index in [0.29, 0.717) is 17.3 Å². The van der Waals surface area contributed by atoms with Gasteiger partial charge in [0, 0.05) is 10.9 Å². The molecule has 1 aromatic heterocycles. The number of nitriles is 1. The van der Waals surface area contributed by atoms with Crippen LogP contribution in [0.15, 0.2) is 6.07 Å². The van der Waals surface area contributed by atoms with Crippen LogP contribution in [0.1, 0.15) is 33.7 Å². The van der Waals surface area contributed by atoms with E-state index >= 15 is 0 Å². The highest BCUT2D eigenvalue weighted by atomic mass is 79.9. The summed E-state index contributed by atoms with van der Waals surface area (Å²) >= 11 is 3.07. The molecular formula is C9H5BrF2N2O. The number of hydrogen-bond donors (Lipinski definition) is 0. The zero-order valence-corrected chi connectivity index (χ0v) is 8.96. The van der Waals surface area contributed by atoms with Gasteiger partial charge >= 0.3 is 0 Å². The average molecular weight is 275 g/mol. The second-order valence-corrected chi connectivity index (χ2v) is 3.19. The maximum Gasteiger partial charge on any atom is 0.267 e. The second-order valence-electron chi connectivity index (χ2n) is 2.63. The minimum absolute atomic E-state index is 0.189. The minimum atomic E-state index is -2.88. The largest absolute Gasteiger partial charge is 0.298 e. The SMILES string of the molecule is N#Cc1nc(CBr)cc(C=O)c1C(F)F. The van der Waals surface area contributed by atoms with Crippen molar-refractivity contribution in [3.8, 4) is 6.07 Å². The Morgan fingerprint density at radius 2 is 2.33 bits per heavy atom. The predicted molar refractivity (Wildman–Crippen MR) is 51.9 cm³/mol. The highest BCUT2D eigenvalue weighted by Crippen LogP contribution is 2.25. The van der Waals surface area contributed by atoms with Gasteiger partial charge in [-0.05, 0) is 6.07 Å². The summed E-state index contributed by atoms with van der Waals surface area (Å²) in [6.45, 7) is 0. The van der Waals surface area contributed by atoms with Gasteiger partial charge in [0.1, 0.15) is 11.8 Å². The van der Waals surface area contributed by atoms with Crippen molar-refractivity contribution >= 4 is 22.2 Å². The van der Waals surface area contributed by atoms with Crippen molar-refractivity contribution in [1.29, 1.82) is 5.26 Å². The molecule has 1 rings (SSSR count). The van der Waals surface area contributed by atoms with Gasteiger partial charge in [-0.15, -0.1) is 0 Å². The number of carbonyl (C=O) groups is 1. The van der Waals surface area contributed by atoms with Crippen molar-refractivity contribution in [2.45, 2.75) is 11.8 Å². The molecular weight excluding hydrogens is 270 g/mol. The van der Waals surface area contributed by atoms with E-state index in [1.807, 2.05) is 0 Å². The Bertz CT molecular complexity index is 429. The van der Waals surface area contributed by atoms with E-state index in [0.717, 1.165) is 0 Å². The summed E-state index contributed by atoms with van der Waals surface area (Å²) in [6, 6.07) is 2.80. The van der Waals surface area contributed by atoms with Crippen molar-refractivity contribution in [2.24, 2.45) is 0 Å². The molecule has 0 atom stereocenters. The molecule has 0 aliphatic rings. The molecule has 0 aromatic carbocycles. The van der Waals surface area contributed by atoms with Gasteiger partial charge in [0.25, 0.3) is 6.43 Å². The summed E-state index contributed by atoms with van der Waals surface area (Å²) in [5.41, 5.74) is -0.815. The van der Waals surface area contributed by atoms with Gasteiger partial charge in [0.15, 0.2) is 6.29 Å². The molecule has 0 fully saturated rings. The third-order valence-electron chi connectivity index (χ3n) is 1.73. The molecule has 0 saturated carbocycles. The van der Waals surface area contributed by atoms with Crippen molar-refractivity contribution in [3.63, 3.8) is 0 Å². The van der Waals surface area contributed by atoms with E-state index in [9.17, 15) is 13.6 Å². The summed E-state index contributed by atoms with van der Waals surface area (Å²) in [5.74, 6) is 0. The highest BCUT2D eigenvalue weighted by molar-refractivity contribution is 9.08. The zero-order chi connectivity index (χ0) is 11.4. The average Bonchev–Trinajstić information content (AvgIpc) is 2.26. The van der Waals surface area contributed by atoms with Crippen LogP contribution in [0.5, 0.6) is 0 Å². The Morgan fingerprint density at radius 3 is 2.73 bits per heavy atom. The topological polar surface area (TPSA) is 53.8 Å². The van der Waals surface area contributed by atoms with E-state index in [2.05, 4.69) is 20.9 Å². The van der Waals surface area contributed by atoms with Crippen LogP contribution in [0.2, 0.25) is 0 Å². The summed E-state index contributed by atoms with van der Waals surface area (Å²) in [5, 5.41) is 8.93. The molecule has 1 heterocycles.